The van der Waals surface area contributed by atoms with E-state index >= 15 is 0 Å². The first kappa shape index (κ1) is 22.2. The lowest BCUT2D eigenvalue weighted by atomic mass is 10.1. The number of aryl methyl sites for hydroxylation is 2. The van der Waals surface area contributed by atoms with Crippen LogP contribution in [0.1, 0.15) is 29.6 Å². The van der Waals surface area contributed by atoms with Crippen LogP contribution in [-0.2, 0) is 19.6 Å². The summed E-state index contributed by atoms with van der Waals surface area (Å²) in [6.07, 6.45) is 8.88. The van der Waals surface area contributed by atoms with Gasteiger partial charge in [-0.15, -0.1) is 0 Å². The standard InChI is InChI=1S/C25H23N7O3/c1-3-31-15-20(12-28-31)32-8-7-24(33)23(29-32)11-18-5-4-6-19(10-18)25-26-13-22(14-27-25)34-16-21-9-17(2)30-35-21/h4-10,12-15H,3,11,16H2,1-2H3. The molecule has 0 unspecified atom stereocenters. The van der Waals surface area contributed by atoms with Gasteiger partial charge in [-0.2, -0.15) is 10.2 Å². The molecule has 0 bridgehead atoms. The van der Waals surface area contributed by atoms with Crippen molar-refractivity contribution in [3.8, 4) is 22.8 Å². The lowest BCUT2D eigenvalue weighted by Gasteiger charge is -2.07. The van der Waals surface area contributed by atoms with Crippen LogP contribution >= 0.6 is 0 Å². The summed E-state index contributed by atoms with van der Waals surface area (Å²) in [6, 6.07) is 11.1. The monoisotopic (exact) mass is 469 g/mol. The van der Waals surface area contributed by atoms with Gasteiger partial charge >= 0.3 is 0 Å². The van der Waals surface area contributed by atoms with Crippen LogP contribution in [0.5, 0.6) is 5.75 Å². The van der Waals surface area contributed by atoms with E-state index in [0.29, 0.717) is 29.4 Å². The van der Waals surface area contributed by atoms with Crippen molar-refractivity contribution >= 4 is 0 Å². The maximum Gasteiger partial charge on any atom is 0.203 e. The Bertz CT molecular complexity index is 1500. The summed E-state index contributed by atoms with van der Waals surface area (Å²) < 4.78 is 14.3. The lowest BCUT2D eigenvalue weighted by Crippen LogP contribution is -2.16. The number of rotatable bonds is 8. The second-order valence-corrected chi connectivity index (χ2v) is 7.97. The molecule has 10 nitrogen and oxygen atoms in total. The highest BCUT2D eigenvalue weighted by atomic mass is 16.5. The minimum Gasteiger partial charge on any atom is -0.482 e. The van der Waals surface area contributed by atoms with Gasteiger partial charge in [0.25, 0.3) is 0 Å². The van der Waals surface area contributed by atoms with Crippen molar-refractivity contribution < 1.29 is 9.26 Å². The van der Waals surface area contributed by atoms with Crippen molar-refractivity contribution in [3.63, 3.8) is 0 Å². The Balaban J connectivity index is 1.31. The van der Waals surface area contributed by atoms with Crippen molar-refractivity contribution in [1.29, 1.82) is 0 Å². The Morgan fingerprint density at radius 2 is 1.94 bits per heavy atom. The summed E-state index contributed by atoms with van der Waals surface area (Å²) in [5.74, 6) is 1.71. The lowest BCUT2D eigenvalue weighted by molar-refractivity contribution is 0.247. The summed E-state index contributed by atoms with van der Waals surface area (Å²) in [4.78, 5) is 21.3. The third kappa shape index (κ3) is 5.16. The quantitative estimate of drug-likeness (QED) is 0.340. The Labute approximate surface area is 200 Å². The predicted octanol–water partition coefficient (Wildman–Crippen LogP) is 3.37. The molecule has 176 valence electrons. The number of benzene rings is 1. The highest BCUT2D eigenvalue weighted by Crippen LogP contribution is 2.20. The zero-order chi connectivity index (χ0) is 24.2. The van der Waals surface area contributed by atoms with Gasteiger partial charge in [-0.25, -0.2) is 14.6 Å². The van der Waals surface area contributed by atoms with Crippen LogP contribution < -0.4 is 10.2 Å². The van der Waals surface area contributed by atoms with E-state index in [1.165, 1.54) is 6.07 Å². The van der Waals surface area contributed by atoms with Crippen molar-refractivity contribution in [2.75, 3.05) is 0 Å². The molecular weight excluding hydrogens is 446 g/mol. The minimum absolute atomic E-state index is 0.116. The van der Waals surface area contributed by atoms with Gasteiger partial charge in [-0.1, -0.05) is 23.4 Å². The Morgan fingerprint density at radius 3 is 2.69 bits per heavy atom. The van der Waals surface area contributed by atoms with Gasteiger partial charge in [0.15, 0.2) is 17.3 Å². The van der Waals surface area contributed by atoms with Crippen LogP contribution in [0.25, 0.3) is 17.1 Å². The number of nitrogens with zero attached hydrogens (tertiary/aromatic N) is 7. The van der Waals surface area contributed by atoms with E-state index in [2.05, 4.69) is 25.3 Å². The normalized spacial score (nSPS) is 11.0. The first-order valence-corrected chi connectivity index (χ1v) is 11.2. The van der Waals surface area contributed by atoms with E-state index in [0.717, 1.165) is 29.1 Å². The Morgan fingerprint density at radius 1 is 1.09 bits per heavy atom. The fraction of sp³-hybridized carbons (Fsp3) is 0.200. The average Bonchev–Trinajstić information content (AvgIpc) is 3.53. The number of hydrogen-bond acceptors (Lipinski definition) is 8. The molecule has 0 radical (unpaired) electrons. The molecule has 5 rings (SSSR count). The number of ether oxygens (including phenoxy) is 1. The minimum atomic E-state index is -0.116. The van der Waals surface area contributed by atoms with E-state index in [1.54, 1.807) is 29.5 Å². The molecule has 0 saturated carbocycles. The molecule has 0 aliphatic heterocycles. The fourth-order valence-electron chi connectivity index (χ4n) is 3.55. The molecule has 0 aliphatic rings. The topological polar surface area (TPSA) is 114 Å². The van der Waals surface area contributed by atoms with Gasteiger partial charge in [0.05, 0.1) is 30.5 Å². The molecule has 4 aromatic heterocycles. The van der Waals surface area contributed by atoms with Crippen molar-refractivity contribution in [2.24, 2.45) is 0 Å². The van der Waals surface area contributed by atoms with Crippen LogP contribution in [-0.4, -0.2) is 34.7 Å². The number of aromatic nitrogens is 7. The van der Waals surface area contributed by atoms with Crippen LogP contribution in [0, 0.1) is 6.92 Å². The van der Waals surface area contributed by atoms with Crippen molar-refractivity contribution in [1.82, 2.24) is 34.7 Å². The Hall–Kier alpha value is -4.60. The van der Waals surface area contributed by atoms with Gasteiger partial charge in [-0.05, 0) is 25.5 Å². The second kappa shape index (κ2) is 9.72. The molecule has 0 fully saturated rings. The Kier molecular flexibility index (Phi) is 6.16. The van der Waals surface area contributed by atoms with Crippen molar-refractivity contribution in [3.05, 3.63) is 100 Å². The molecule has 0 atom stereocenters. The first-order valence-electron chi connectivity index (χ1n) is 11.2. The smallest absolute Gasteiger partial charge is 0.203 e. The largest absolute Gasteiger partial charge is 0.482 e. The van der Waals surface area contributed by atoms with E-state index in [1.807, 2.05) is 55.1 Å². The molecule has 0 spiro atoms. The van der Waals surface area contributed by atoms with Crippen LogP contribution in [0.4, 0.5) is 0 Å². The predicted molar refractivity (Wildman–Crippen MR) is 127 cm³/mol. The molecule has 0 aliphatic carbocycles. The van der Waals surface area contributed by atoms with E-state index < -0.39 is 0 Å². The molecular formula is C25H23N7O3. The van der Waals surface area contributed by atoms with Gasteiger partial charge in [-0.3, -0.25) is 9.48 Å². The molecule has 5 aromatic rings. The molecule has 0 amide bonds. The maximum absolute atomic E-state index is 12.5. The van der Waals surface area contributed by atoms with E-state index in [4.69, 9.17) is 9.26 Å². The molecule has 0 N–H and O–H groups in total. The third-order valence-electron chi connectivity index (χ3n) is 5.33. The van der Waals surface area contributed by atoms with Gasteiger partial charge in [0.1, 0.15) is 18.0 Å². The molecule has 10 heteroatoms. The molecule has 4 heterocycles. The SMILES string of the molecule is CCn1cc(-n2ccc(=O)c(Cc3cccc(-c4ncc(OCc5cc(C)no5)cn4)c3)n2)cn1. The van der Waals surface area contributed by atoms with Gasteiger partial charge in [0.2, 0.25) is 5.43 Å². The van der Waals surface area contributed by atoms with Crippen LogP contribution in [0.2, 0.25) is 0 Å². The molecule has 35 heavy (non-hydrogen) atoms. The summed E-state index contributed by atoms with van der Waals surface area (Å²) in [6.45, 7) is 4.87. The van der Waals surface area contributed by atoms with E-state index in [-0.39, 0.29) is 12.0 Å². The maximum atomic E-state index is 12.5. The zero-order valence-corrected chi connectivity index (χ0v) is 19.3. The first-order chi connectivity index (χ1) is 17.1. The second-order valence-electron chi connectivity index (χ2n) is 7.97. The highest BCUT2D eigenvalue weighted by Gasteiger charge is 2.10. The van der Waals surface area contributed by atoms with Crippen LogP contribution in [0.15, 0.2) is 76.7 Å². The van der Waals surface area contributed by atoms with E-state index in [9.17, 15) is 4.79 Å². The summed E-state index contributed by atoms with van der Waals surface area (Å²) in [5.41, 5.74) is 3.69. The van der Waals surface area contributed by atoms with Gasteiger partial charge in [0, 0.05) is 36.9 Å². The molecule has 1 aromatic carbocycles. The highest BCUT2D eigenvalue weighted by molar-refractivity contribution is 5.56. The third-order valence-corrected chi connectivity index (χ3v) is 5.33. The van der Waals surface area contributed by atoms with Crippen molar-refractivity contribution in [2.45, 2.75) is 33.4 Å². The fourth-order valence-corrected chi connectivity index (χ4v) is 3.55. The summed E-state index contributed by atoms with van der Waals surface area (Å²) >= 11 is 0. The zero-order valence-electron chi connectivity index (χ0n) is 19.3. The summed E-state index contributed by atoms with van der Waals surface area (Å²) in [5, 5.41) is 12.6. The number of hydrogen-bond donors (Lipinski definition) is 0. The average molecular weight is 470 g/mol. The summed E-state index contributed by atoms with van der Waals surface area (Å²) in [7, 11) is 0. The van der Waals surface area contributed by atoms with Gasteiger partial charge < -0.3 is 9.26 Å². The van der Waals surface area contributed by atoms with Crippen LogP contribution in [0.3, 0.4) is 0 Å². The molecule has 0 saturated heterocycles.